The Morgan fingerprint density at radius 3 is 2.56 bits per heavy atom. The quantitative estimate of drug-likeness (QED) is 0.455. The summed E-state index contributed by atoms with van der Waals surface area (Å²) in [6.45, 7) is 0.735. The number of nitrogens with zero attached hydrogens (tertiary/aromatic N) is 1. The summed E-state index contributed by atoms with van der Waals surface area (Å²) in [5, 5.41) is 5.98. The summed E-state index contributed by atoms with van der Waals surface area (Å²) in [6.07, 6.45) is 0.739. The van der Waals surface area contributed by atoms with Crippen LogP contribution in [0.25, 0.3) is 0 Å². The zero-order valence-corrected chi connectivity index (χ0v) is 25.1. The number of hydrogen-bond donors (Lipinski definition) is 2. The highest BCUT2D eigenvalue weighted by atomic mass is 16.7. The van der Waals surface area contributed by atoms with Crippen molar-refractivity contribution in [3.05, 3.63) is 71.3 Å². The normalized spacial score (nSPS) is 19.8. The Hall–Kier alpha value is -5.13. The predicted molar refractivity (Wildman–Crippen MR) is 161 cm³/mol. The van der Waals surface area contributed by atoms with E-state index in [-0.39, 0.29) is 50.6 Å². The van der Waals surface area contributed by atoms with Gasteiger partial charge in [-0.15, -0.1) is 0 Å². The van der Waals surface area contributed by atoms with E-state index >= 15 is 0 Å². The summed E-state index contributed by atoms with van der Waals surface area (Å²) in [7, 11) is 3.08. The molecule has 0 radical (unpaired) electrons. The van der Waals surface area contributed by atoms with Gasteiger partial charge < -0.3 is 44.0 Å². The second-order valence-corrected chi connectivity index (χ2v) is 11.0. The molecule has 45 heavy (non-hydrogen) atoms. The highest BCUT2D eigenvalue weighted by molar-refractivity contribution is 5.95. The summed E-state index contributed by atoms with van der Waals surface area (Å²) >= 11 is 0. The Balaban J connectivity index is 1.26. The zero-order chi connectivity index (χ0) is 31.3. The largest absolute Gasteiger partial charge is 0.496 e. The molecule has 12 nitrogen and oxygen atoms in total. The average molecular weight is 618 g/mol. The number of ether oxygens (including phenoxy) is 6. The van der Waals surface area contributed by atoms with Gasteiger partial charge in [0, 0.05) is 49.7 Å². The van der Waals surface area contributed by atoms with Crippen LogP contribution in [-0.4, -0.2) is 75.5 Å². The van der Waals surface area contributed by atoms with Gasteiger partial charge in [0.05, 0.1) is 20.3 Å². The Bertz CT molecular complexity index is 1590. The van der Waals surface area contributed by atoms with Crippen molar-refractivity contribution in [2.24, 2.45) is 0 Å². The predicted octanol–water partition coefficient (Wildman–Crippen LogP) is 2.85. The van der Waals surface area contributed by atoms with Crippen molar-refractivity contribution in [1.29, 1.82) is 0 Å². The van der Waals surface area contributed by atoms with E-state index in [9.17, 15) is 14.4 Å². The summed E-state index contributed by atoms with van der Waals surface area (Å²) in [5.41, 5.74) is 2.12. The molecule has 0 saturated carbocycles. The van der Waals surface area contributed by atoms with Gasteiger partial charge in [0.25, 0.3) is 11.8 Å². The lowest BCUT2D eigenvalue weighted by atomic mass is 10.00. The Labute approximate surface area is 260 Å². The van der Waals surface area contributed by atoms with E-state index in [1.54, 1.807) is 48.4 Å². The lowest BCUT2D eigenvalue weighted by Crippen LogP contribution is -2.58. The molecule has 2 atom stereocenters. The molecule has 4 aliphatic heterocycles. The molecule has 0 aromatic heterocycles. The van der Waals surface area contributed by atoms with Crippen LogP contribution in [0.4, 0.5) is 0 Å². The van der Waals surface area contributed by atoms with E-state index in [0.717, 1.165) is 11.1 Å². The topological polar surface area (TPSA) is 134 Å². The molecule has 7 rings (SSSR count). The molecule has 1 fully saturated rings. The molecule has 3 amide bonds. The molecule has 4 bridgehead atoms. The van der Waals surface area contributed by atoms with Gasteiger partial charge in [-0.05, 0) is 54.4 Å². The maximum atomic E-state index is 13.5. The number of benzene rings is 3. The zero-order valence-electron chi connectivity index (χ0n) is 25.1. The standard InChI is InChI=1S/C33H35N3O9/c1-40-26-8-3-20-4-10-31(37)34-16-22-5-7-23(15-28(22)41-2)45-25-11-12-36(17-24(25)35-32(38)18-42-29(26)13-20)33(39)21-6-9-27-30(14-21)44-19-43-27/h3,5-9,13-15,24-25H,4,10-12,16-19H2,1-2H3,(H,34,37)(H,35,38)/t24-,25+/m1/s1. The Morgan fingerprint density at radius 1 is 0.867 bits per heavy atom. The second kappa shape index (κ2) is 13.2. The van der Waals surface area contributed by atoms with Gasteiger partial charge in [-0.3, -0.25) is 14.4 Å². The van der Waals surface area contributed by atoms with Gasteiger partial charge in [-0.1, -0.05) is 6.07 Å². The first kappa shape index (κ1) is 29.9. The first-order valence-electron chi connectivity index (χ1n) is 14.8. The smallest absolute Gasteiger partial charge is 0.258 e. The molecular formula is C33H35N3O9. The number of nitrogens with one attached hydrogen (secondary N) is 2. The van der Waals surface area contributed by atoms with Gasteiger partial charge in [-0.2, -0.15) is 0 Å². The van der Waals surface area contributed by atoms with E-state index in [2.05, 4.69) is 10.6 Å². The maximum absolute atomic E-state index is 13.5. The highest BCUT2D eigenvalue weighted by Gasteiger charge is 2.35. The van der Waals surface area contributed by atoms with Gasteiger partial charge in [0.2, 0.25) is 12.7 Å². The van der Waals surface area contributed by atoms with E-state index in [1.165, 1.54) is 7.11 Å². The molecule has 1 saturated heterocycles. The molecule has 0 unspecified atom stereocenters. The minimum Gasteiger partial charge on any atom is -0.496 e. The van der Waals surface area contributed by atoms with Crippen LogP contribution in [0.15, 0.2) is 54.6 Å². The Morgan fingerprint density at radius 2 is 1.71 bits per heavy atom. The summed E-state index contributed by atoms with van der Waals surface area (Å²) in [6, 6.07) is 15.3. The lowest BCUT2D eigenvalue weighted by molar-refractivity contribution is -0.125. The molecule has 2 N–H and O–H groups in total. The second-order valence-electron chi connectivity index (χ2n) is 11.0. The van der Waals surface area contributed by atoms with Gasteiger partial charge in [0.15, 0.2) is 29.6 Å². The number of fused-ring (bicyclic) bond motifs is 10. The van der Waals surface area contributed by atoms with Crippen molar-refractivity contribution in [3.63, 3.8) is 0 Å². The summed E-state index contributed by atoms with van der Waals surface area (Å²) in [4.78, 5) is 41.1. The van der Waals surface area contributed by atoms with Crippen LogP contribution in [0.2, 0.25) is 0 Å². The molecule has 4 aliphatic rings. The van der Waals surface area contributed by atoms with Crippen molar-refractivity contribution >= 4 is 17.7 Å². The number of methoxy groups -OCH3 is 2. The number of piperidine rings is 1. The third-order valence-corrected chi connectivity index (χ3v) is 8.05. The van der Waals surface area contributed by atoms with Crippen molar-refractivity contribution in [1.82, 2.24) is 15.5 Å². The average Bonchev–Trinajstić information content (AvgIpc) is 3.54. The van der Waals surface area contributed by atoms with Gasteiger partial charge >= 0.3 is 0 Å². The van der Waals surface area contributed by atoms with Crippen LogP contribution in [-0.2, 0) is 22.6 Å². The van der Waals surface area contributed by atoms with Crippen LogP contribution >= 0.6 is 0 Å². The van der Waals surface area contributed by atoms with Crippen LogP contribution in [0.3, 0.4) is 0 Å². The van der Waals surface area contributed by atoms with Crippen molar-refractivity contribution in [3.8, 4) is 34.5 Å². The van der Waals surface area contributed by atoms with Crippen LogP contribution in [0.5, 0.6) is 34.5 Å². The number of amides is 3. The van der Waals surface area contributed by atoms with E-state index in [1.807, 2.05) is 18.2 Å². The SMILES string of the molecule is COc1cc2ccc1CNC(=O)CCc1ccc(OC)c(c1)OCC(=O)N[C@@H]1CN(C(=O)c3ccc4c(c3)OCO4)CC[C@@H]1O2. The molecule has 3 aromatic rings. The maximum Gasteiger partial charge on any atom is 0.258 e. The van der Waals surface area contributed by atoms with Gasteiger partial charge in [-0.25, -0.2) is 0 Å². The van der Waals surface area contributed by atoms with Crippen LogP contribution in [0.1, 0.15) is 34.3 Å². The minimum absolute atomic E-state index is 0.113. The molecule has 12 heteroatoms. The number of hydrogen-bond acceptors (Lipinski definition) is 9. The molecule has 4 heterocycles. The van der Waals surface area contributed by atoms with Crippen molar-refractivity contribution in [2.45, 2.75) is 38.0 Å². The van der Waals surface area contributed by atoms with E-state index in [0.29, 0.717) is 59.4 Å². The fourth-order valence-corrected chi connectivity index (χ4v) is 5.65. The fourth-order valence-electron chi connectivity index (χ4n) is 5.65. The number of carbonyl (C=O) groups excluding carboxylic acids is 3. The molecule has 3 aromatic carbocycles. The van der Waals surface area contributed by atoms with E-state index in [4.69, 9.17) is 28.4 Å². The third kappa shape index (κ3) is 6.84. The first-order chi connectivity index (χ1) is 21.9. The van der Waals surface area contributed by atoms with Crippen LogP contribution < -0.4 is 39.1 Å². The minimum atomic E-state index is -0.548. The van der Waals surface area contributed by atoms with Gasteiger partial charge in [0.1, 0.15) is 17.6 Å². The number of carbonyl (C=O) groups is 3. The fraction of sp³-hybridized carbons (Fsp3) is 0.364. The number of rotatable bonds is 3. The Kier molecular flexibility index (Phi) is 8.81. The molecular weight excluding hydrogens is 582 g/mol. The number of aryl methyl sites for hydroxylation is 1. The summed E-state index contributed by atoms with van der Waals surface area (Å²) in [5.74, 6) is 2.39. The molecule has 236 valence electrons. The highest BCUT2D eigenvalue weighted by Crippen LogP contribution is 2.34. The lowest BCUT2D eigenvalue weighted by Gasteiger charge is -2.39. The number of likely N-dealkylation sites (tertiary alicyclic amines) is 1. The van der Waals surface area contributed by atoms with E-state index < -0.39 is 12.1 Å². The molecule has 0 spiro atoms. The van der Waals surface area contributed by atoms with Crippen molar-refractivity contribution in [2.75, 3.05) is 40.7 Å². The third-order valence-electron chi connectivity index (χ3n) is 8.05. The molecule has 0 aliphatic carbocycles. The van der Waals surface area contributed by atoms with Crippen LogP contribution in [0, 0.1) is 0 Å². The summed E-state index contributed by atoms with van der Waals surface area (Å²) < 4.78 is 34.2. The van der Waals surface area contributed by atoms with Crippen molar-refractivity contribution < 1.29 is 42.8 Å². The first-order valence-corrected chi connectivity index (χ1v) is 14.8. The monoisotopic (exact) mass is 617 g/mol.